The number of fused-ring (bicyclic) bond motifs is 1. The Hall–Kier alpha value is -5.56. The van der Waals surface area contributed by atoms with Crippen molar-refractivity contribution in [2.75, 3.05) is 12.4 Å². The fourth-order valence-corrected chi connectivity index (χ4v) is 6.46. The topological polar surface area (TPSA) is 130 Å². The number of aryl methyl sites for hydroxylation is 1. The van der Waals surface area contributed by atoms with E-state index in [0.29, 0.717) is 34.2 Å². The van der Waals surface area contributed by atoms with E-state index >= 15 is 0 Å². The number of ether oxygens (including phenoxy) is 2. The van der Waals surface area contributed by atoms with Crippen molar-refractivity contribution < 1.29 is 27.1 Å². The van der Waals surface area contributed by atoms with Crippen LogP contribution in [0.1, 0.15) is 31.9 Å². The maximum atomic E-state index is 13.9. The molecule has 0 aliphatic carbocycles. The van der Waals surface area contributed by atoms with Crippen molar-refractivity contribution in [3.05, 3.63) is 109 Å². The SMILES string of the molecule is COc1cc(-c2cnc3c(c2)c(-c2cnn(Cc4cccc(F)c4)c2)cn3S(=O)(=O)c2ccc(C)cc2)cnc1NC(=O)OC(C)(C)C. The van der Waals surface area contributed by atoms with Crippen molar-refractivity contribution >= 4 is 33.0 Å². The van der Waals surface area contributed by atoms with Crippen LogP contribution in [0.25, 0.3) is 33.3 Å². The van der Waals surface area contributed by atoms with Gasteiger partial charge in [0.05, 0.1) is 24.7 Å². The highest BCUT2D eigenvalue weighted by molar-refractivity contribution is 7.90. The van der Waals surface area contributed by atoms with Crippen LogP contribution in [0.15, 0.2) is 96.5 Å². The van der Waals surface area contributed by atoms with Gasteiger partial charge in [0.2, 0.25) is 0 Å². The number of methoxy groups -OCH3 is 1. The standard InChI is InChI=1S/C35H33FN6O5S/c1-22-9-11-28(12-10-22)48(44,45)42-21-30(26-18-39-41(20-26)19-23-7-6-8-27(36)13-23)29-14-24(17-38-33(29)42)25-15-31(46-5)32(37-16-25)40-34(43)47-35(2,3)4/h6-18,20-21H,19H2,1-5H3,(H,37,40,43). The summed E-state index contributed by atoms with van der Waals surface area (Å²) in [5, 5.41) is 7.62. The lowest BCUT2D eigenvalue weighted by atomic mass is 10.1. The molecule has 2 aromatic carbocycles. The van der Waals surface area contributed by atoms with Crippen molar-refractivity contribution in [3.8, 4) is 28.0 Å². The third-order valence-electron chi connectivity index (χ3n) is 7.39. The Balaban J connectivity index is 1.44. The summed E-state index contributed by atoms with van der Waals surface area (Å²) >= 11 is 0. The second kappa shape index (κ2) is 12.6. The van der Waals surface area contributed by atoms with Gasteiger partial charge in [0, 0.05) is 52.4 Å². The van der Waals surface area contributed by atoms with E-state index in [1.807, 2.05) is 13.0 Å². The minimum Gasteiger partial charge on any atom is -0.493 e. The molecule has 0 unspecified atom stereocenters. The number of carbonyl (C=O) groups excluding carboxylic acids is 1. The zero-order chi connectivity index (χ0) is 34.2. The monoisotopic (exact) mass is 668 g/mol. The van der Waals surface area contributed by atoms with Gasteiger partial charge in [0.25, 0.3) is 10.0 Å². The summed E-state index contributed by atoms with van der Waals surface area (Å²) in [5.74, 6) is 0.116. The molecule has 1 N–H and O–H groups in total. The molecule has 11 nitrogen and oxygen atoms in total. The molecule has 4 aromatic heterocycles. The summed E-state index contributed by atoms with van der Waals surface area (Å²) in [6.07, 6.45) is 7.37. The normalized spacial score (nSPS) is 11.9. The van der Waals surface area contributed by atoms with E-state index in [0.717, 1.165) is 11.1 Å². The summed E-state index contributed by atoms with van der Waals surface area (Å²) < 4.78 is 55.4. The van der Waals surface area contributed by atoms with Gasteiger partial charge < -0.3 is 9.47 Å². The zero-order valence-electron chi connectivity index (χ0n) is 26.9. The smallest absolute Gasteiger partial charge is 0.413 e. The Bertz CT molecular complexity index is 2260. The summed E-state index contributed by atoms with van der Waals surface area (Å²) in [4.78, 5) is 21.5. The number of halogens is 1. The Morgan fingerprint density at radius 1 is 0.938 bits per heavy atom. The molecule has 246 valence electrons. The fourth-order valence-electron chi connectivity index (χ4n) is 5.14. The summed E-state index contributed by atoms with van der Waals surface area (Å²) in [6, 6.07) is 16.4. The lowest BCUT2D eigenvalue weighted by Gasteiger charge is -2.20. The highest BCUT2D eigenvalue weighted by Gasteiger charge is 2.24. The minimum absolute atomic E-state index is 0.117. The van der Waals surface area contributed by atoms with Crippen LogP contribution in [0.4, 0.5) is 15.0 Å². The number of pyridine rings is 2. The zero-order valence-corrected chi connectivity index (χ0v) is 27.7. The van der Waals surface area contributed by atoms with Gasteiger partial charge in [0.15, 0.2) is 17.2 Å². The molecule has 4 heterocycles. The molecule has 1 amide bonds. The molecule has 0 aliphatic rings. The van der Waals surface area contributed by atoms with E-state index in [2.05, 4.69) is 20.4 Å². The molecule has 6 aromatic rings. The number of nitrogens with zero attached hydrogens (tertiary/aromatic N) is 5. The van der Waals surface area contributed by atoms with Crippen LogP contribution < -0.4 is 10.1 Å². The summed E-state index contributed by atoms with van der Waals surface area (Å²) in [7, 11) is -2.58. The van der Waals surface area contributed by atoms with Gasteiger partial charge in [-0.1, -0.05) is 29.8 Å². The fraction of sp³-hybridized carbons (Fsp3) is 0.200. The van der Waals surface area contributed by atoms with Gasteiger partial charge >= 0.3 is 6.09 Å². The Morgan fingerprint density at radius 3 is 2.38 bits per heavy atom. The predicted molar refractivity (Wildman–Crippen MR) is 180 cm³/mol. The van der Waals surface area contributed by atoms with Gasteiger partial charge in [-0.05, 0) is 69.7 Å². The van der Waals surface area contributed by atoms with Gasteiger partial charge in [-0.3, -0.25) is 10.00 Å². The Labute approximate surface area is 277 Å². The van der Waals surface area contributed by atoms with E-state index in [1.165, 1.54) is 29.4 Å². The molecular formula is C35H33FN6O5S. The molecular weight excluding hydrogens is 635 g/mol. The number of hydrogen-bond acceptors (Lipinski definition) is 8. The van der Waals surface area contributed by atoms with E-state index in [-0.39, 0.29) is 27.9 Å². The molecule has 0 spiro atoms. The number of carbonyl (C=O) groups is 1. The molecule has 48 heavy (non-hydrogen) atoms. The first-order chi connectivity index (χ1) is 22.8. The number of nitrogens with one attached hydrogen (secondary N) is 1. The molecule has 0 saturated heterocycles. The first kappa shape index (κ1) is 32.4. The quantitative estimate of drug-likeness (QED) is 0.183. The van der Waals surface area contributed by atoms with Crippen molar-refractivity contribution in [2.45, 2.75) is 44.7 Å². The third kappa shape index (κ3) is 6.76. The largest absolute Gasteiger partial charge is 0.493 e. The number of aromatic nitrogens is 5. The van der Waals surface area contributed by atoms with Gasteiger partial charge in [-0.25, -0.2) is 31.5 Å². The first-order valence-electron chi connectivity index (χ1n) is 15.0. The maximum absolute atomic E-state index is 13.9. The maximum Gasteiger partial charge on any atom is 0.413 e. The van der Waals surface area contributed by atoms with E-state index in [1.54, 1.807) is 92.7 Å². The van der Waals surface area contributed by atoms with Gasteiger partial charge in [0.1, 0.15) is 11.4 Å². The molecule has 0 saturated carbocycles. The highest BCUT2D eigenvalue weighted by atomic mass is 32.2. The van der Waals surface area contributed by atoms with Crippen LogP contribution in [0.3, 0.4) is 0 Å². The average Bonchev–Trinajstić information content (AvgIpc) is 3.65. The molecule has 13 heteroatoms. The number of hydrogen-bond donors (Lipinski definition) is 1. The first-order valence-corrected chi connectivity index (χ1v) is 16.4. The van der Waals surface area contributed by atoms with Crippen molar-refractivity contribution in [3.63, 3.8) is 0 Å². The number of anilines is 1. The molecule has 0 aliphatic heterocycles. The molecule has 0 atom stereocenters. The van der Waals surface area contributed by atoms with Crippen LogP contribution in [-0.2, 0) is 21.3 Å². The van der Waals surface area contributed by atoms with Crippen molar-refractivity contribution in [2.24, 2.45) is 0 Å². The molecule has 0 bridgehead atoms. The second-order valence-corrected chi connectivity index (χ2v) is 14.0. The van der Waals surface area contributed by atoms with E-state index < -0.39 is 21.7 Å². The number of rotatable bonds is 8. The van der Waals surface area contributed by atoms with Crippen LogP contribution in [0.2, 0.25) is 0 Å². The predicted octanol–water partition coefficient (Wildman–Crippen LogP) is 7.05. The van der Waals surface area contributed by atoms with Crippen LogP contribution >= 0.6 is 0 Å². The van der Waals surface area contributed by atoms with Crippen molar-refractivity contribution in [1.29, 1.82) is 0 Å². The van der Waals surface area contributed by atoms with Crippen molar-refractivity contribution in [1.82, 2.24) is 23.7 Å². The van der Waals surface area contributed by atoms with Crippen LogP contribution in [-0.4, -0.2) is 50.9 Å². The van der Waals surface area contributed by atoms with E-state index in [4.69, 9.17) is 9.47 Å². The molecule has 0 fully saturated rings. The van der Waals surface area contributed by atoms with Gasteiger partial charge in [-0.2, -0.15) is 5.10 Å². The highest BCUT2D eigenvalue weighted by Crippen LogP contribution is 2.36. The van der Waals surface area contributed by atoms with Crippen LogP contribution in [0.5, 0.6) is 5.75 Å². The number of amides is 1. The molecule has 0 radical (unpaired) electrons. The second-order valence-electron chi connectivity index (χ2n) is 12.2. The Kier molecular flexibility index (Phi) is 8.48. The minimum atomic E-state index is -4.03. The lowest BCUT2D eigenvalue weighted by Crippen LogP contribution is -2.27. The Morgan fingerprint density at radius 2 is 1.67 bits per heavy atom. The number of benzene rings is 2. The summed E-state index contributed by atoms with van der Waals surface area (Å²) in [5.41, 5.74) is 3.62. The van der Waals surface area contributed by atoms with E-state index in [9.17, 15) is 17.6 Å². The average molecular weight is 669 g/mol. The lowest BCUT2D eigenvalue weighted by molar-refractivity contribution is 0.0634. The molecule has 6 rings (SSSR count). The van der Waals surface area contributed by atoms with Crippen LogP contribution in [0, 0.1) is 12.7 Å². The third-order valence-corrected chi connectivity index (χ3v) is 9.06. The van der Waals surface area contributed by atoms with Gasteiger partial charge in [-0.15, -0.1) is 0 Å². The summed E-state index contributed by atoms with van der Waals surface area (Å²) in [6.45, 7) is 7.47.